The van der Waals surface area contributed by atoms with Gasteiger partial charge >= 0.3 is 0 Å². The van der Waals surface area contributed by atoms with E-state index in [4.69, 9.17) is 0 Å². The lowest BCUT2D eigenvalue weighted by molar-refractivity contribution is 0.544. The van der Waals surface area contributed by atoms with Crippen molar-refractivity contribution >= 4 is 21.4 Å². The van der Waals surface area contributed by atoms with Crippen molar-refractivity contribution in [2.45, 2.75) is 38.3 Å². The highest BCUT2D eigenvalue weighted by atomic mass is 32.1. The van der Waals surface area contributed by atoms with E-state index in [1.807, 2.05) is 11.3 Å². The van der Waals surface area contributed by atoms with Gasteiger partial charge in [-0.2, -0.15) is 0 Å². The predicted octanol–water partition coefficient (Wildman–Crippen LogP) is 3.58. The number of fused-ring (bicyclic) bond motifs is 1. The lowest BCUT2D eigenvalue weighted by Crippen LogP contribution is -2.29. The van der Waals surface area contributed by atoms with Crippen molar-refractivity contribution in [3.8, 4) is 0 Å². The van der Waals surface area contributed by atoms with Crippen molar-refractivity contribution < 1.29 is 0 Å². The van der Waals surface area contributed by atoms with Crippen LogP contribution in [0.5, 0.6) is 0 Å². The van der Waals surface area contributed by atoms with E-state index in [0.717, 1.165) is 12.5 Å². The summed E-state index contributed by atoms with van der Waals surface area (Å²) < 4.78 is 1.41. The molecule has 84 valence electrons. The summed E-state index contributed by atoms with van der Waals surface area (Å²) in [6.45, 7) is 2.30. The zero-order valence-electron chi connectivity index (χ0n) is 9.57. The summed E-state index contributed by atoms with van der Waals surface area (Å²) in [6, 6.07) is 10.1. The zero-order chi connectivity index (χ0) is 11.0. The van der Waals surface area contributed by atoms with Crippen LogP contribution >= 0.6 is 11.3 Å². The Morgan fingerprint density at radius 3 is 3.00 bits per heavy atom. The summed E-state index contributed by atoms with van der Waals surface area (Å²) in [5, 5.41) is 7.42. The number of rotatable bonds is 4. The van der Waals surface area contributed by atoms with Crippen LogP contribution in [0.4, 0.5) is 0 Å². The molecule has 3 rings (SSSR count). The molecule has 16 heavy (non-hydrogen) atoms. The monoisotopic (exact) mass is 231 g/mol. The highest BCUT2D eigenvalue weighted by Crippen LogP contribution is 2.27. The Hall–Kier alpha value is -0.860. The van der Waals surface area contributed by atoms with Crippen LogP contribution in [0.2, 0.25) is 0 Å². The van der Waals surface area contributed by atoms with Crippen LogP contribution in [-0.4, -0.2) is 12.1 Å². The summed E-state index contributed by atoms with van der Waals surface area (Å²) in [6.07, 6.45) is 3.89. The number of thiophene rings is 1. The topological polar surface area (TPSA) is 12.0 Å². The fourth-order valence-electron chi connectivity index (χ4n) is 2.23. The maximum Gasteiger partial charge on any atom is 0.0345 e. The van der Waals surface area contributed by atoms with Gasteiger partial charge in [0.05, 0.1) is 0 Å². The predicted molar refractivity (Wildman–Crippen MR) is 71.1 cm³/mol. The van der Waals surface area contributed by atoms with Gasteiger partial charge in [-0.3, -0.25) is 0 Å². The minimum absolute atomic E-state index is 0.602. The van der Waals surface area contributed by atoms with Crippen molar-refractivity contribution in [3.05, 3.63) is 35.2 Å². The van der Waals surface area contributed by atoms with E-state index in [0.29, 0.717) is 6.04 Å². The van der Waals surface area contributed by atoms with Crippen molar-refractivity contribution in [3.63, 3.8) is 0 Å². The minimum Gasteiger partial charge on any atom is -0.311 e. The summed E-state index contributed by atoms with van der Waals surface area (Å²) in [4.78, 5) is 0. The van der Waals surface area contributed by atoms with E-state index < -0.39 is 0 Å². The van der Waals surface area contributed by atoms with Crippen LogP contribution in [-0.2, 0) is 6.42 Å². The molecule has 1 aromatic carbocycles. The molecule has 1 atom stereocenters. The molecule has 1 fully saturated rings. The maximum atomic E-state index is 3.66. The zero-order valence-corrected chi connectivity index (χ0v) is 10.4. The smallest absolute Gasteiger partial charge is 0.0345 e. The lowest BCUT2D eigenvalue weighted by Gasteiger charge is -2.12. The molecule has 1 heterocycles. The molecule has 1 N–H and O–H groups in total. The third-order valence-electron chi connectivity index (χ3n) is 3.18. The molecule has 2 aromatic rings. The molecule has 0 amide bonds. The van der Waals surface area contributed by atoms with Crippen LogP contribution in [0, 0.1) is 0 Å². The van der Waals surface area contributed by atoms with Crippen LogP contribution < -0.4 is 5.32 Å². The largest absolute Gasteiger partial charge is 0.311 e. The Kier molecular flexibility index (Phi) is 2.70. The lowest BCUT2D eigenvalue weighted by atomic mass is 10.1. The molecule has 0 bridgehead atoms. The van der Waals surface area contributed by atoms with E-state index in [1.54, 1.807) is 0 Å². The van der Waals surface area contributed by atoms with Crippen molar-refractivity contribution in [1.29, 1.82) is 0 Å². The van der Waals surface area contributed by atoms with Crippen LogP contribution in [0.25, 0.3) is 10.1 Å². The molecule has 0 radical (unpaired) electrons. The van der Waals surface area contributed by atoms with Gasteiger partial charge in [0.1, 0.15) is 0 Å². The third kappa shape index (κ3) is 2.13. The molecular formula is C14H17NS. The maximum absolute atomic E-state index is 3.66. The number of benzene rings is 1. The van der Waals surface area contributed by atoms with Gasteiger partial charge in [-0.05, 0) is 48.6 Å². The van der Waals surface area contributed by atoms with Gasteiger partial charge in [0, 0.05) is 16.8 Å². The van der Waals surface area contributed by atoms with Gasteiger partial charge < -0.3 is 5.32 Å². The molecule has 0 aliphatic heterocycles. The minimum atomic E-state index is 0.602. The number of hydrogen-bond donors (Lipinski definition) is 1. The average Bonchev–Trinajstić information content (AvgIpc) is 3.00. The second-order valence-corrected chi connectivity index (χ2v) is 5.71. The van der Waals surface area contributed by atoms with E-state index in [1.165, 1.54) is 28.5 Å². The SMILES string of the molecule is C[C@H](Cc1csc2ccccc12)NC1CC1. The standard InChI is InChI=1S/C14H17NS/c1-10(15-12-6-7-12)8-11-9-16-14-5-3-2-4-13(11)14/h2-5,9-10,12,15H,6-8H2,1H3/t10-/m1/s1. The van der Waals surface area contributed by atoms with Gasteiger partial charge in [-0.25, -0.2) is 0 Å². The van der Waals surface area contributed by atoms with Crippen molar-refractivity contribution in [2.24, 2.45) is 0 Å². The molecule has 1 nitrogen and oxygen atoms in total. The summed E-state index contributed by atoms with van der Waals surface area (Å²) in [5.74, 6) is 0. The van der Waals surface area contributed by atoms with E-state index in [9.17, 15) is 0 Å². The van der Waals surface area contributed by atoms with E-state index in [-0.39, 0.29) is 0 Å². The Balaban J connectivity index is 1.77. The fraction of sp³-hybridized carbons (Fsp3) is 0.429. The molecule has 0 spiro atoms. The number of nitrogens with one attached hydrogen (secondary N) is 1. The van der Waals surface area contributed by atoms with E-state index in [2.05, 4.69) is 41.9 Å². The van der Waals surface area contributed by atoms with Gasteiger partial charge in [0.2, 0.25) is 0 Å². The van der Waals surface area contributed by atoms with Gasteiger partial charge in [-0.1, -0.05) is 18.2 Å². The Bertz CT molecular complexity index is 484. The quantitative estimate of drug-likeness (QED) is 0.848. The highest BCUT2D eigenvalue weighted by molar-refractivity contribution is 7.17. The first kappa shape index (κ1) is 10.3. The first-order valence-electron chi connectivity index (χ1n) is 6.04. The molecule has 1 saturated carbocycles. The summed E-state index contributed by atoms with van der Waals surface area (Å²) in [7, 11) is 0. The third-order valence-corrected chi connectivity index (χ3v) is 4.20. The second-order valence-electron chi connectivity index (χ2n) is 4.80. The van der Waals surface area contributed by atoms with Gasteiger partial charge in [0.25, 0.3) is 0 Å². The van der Waals surface area contributed by atoms with Crippen molar-refractivity contribution in [2.75, 3.05) is 0 Å². The molecule has 0 unspecified atom stereocenters. The van der Waals surface area contributed by atoms with Gasteiger partial charge in [0.15, 0.2) is 0 Å². The summed E-state index contributed by atoms with van der Waals surface area (Å²) in [5.41, 5.74) is 1.50. The Morgan fingerprint density at radius 1 is 1.38 bits per heavy atom. The molecule has 1 aliphatic carbocycles. The highest BCUT2D eigenvalue weighted by Gasteiger charge is 2.22. The summed E-state index contributed by atoms with van der Waals surface area (Å²) >= 11 is 1.86. The number of hydrogen-bond acceptors (Lipinski definition) is 2. The van der Waals surface area contributed by atoms with Crippen LogP contribution in [0.15, 0.2) is 29.6 Å². The average molecular weight is 231 g/mol. The van der Waals surface area contributed by atoms with Gasteiger partial charge in [-0.15, -0.1) is 11.3 Å². The normalized spacial score (nSPS) is 17.8. The van der Waals surface area contributed by atoms with Crippen molar-refractivity contribution in [1.82, 2.24) is 5.32 Å². The fourth-order valence-corrected chi connectivity index (χ4v) is 3.21. The molecule has 1 aromatic heterocycles. The Labute approximate surface area is 100 Å². The Morgan fingerprint density at radius 2 is 2.19 bits per heavy atom. The van der Waals surface area contributed by atoms with E-state index >= 15 is 0 Å². The molecule has 2 heteroatoms. The molecule has 0 saturated heterocycles. The molecular weight excluding hydrogens is 214 g/mol. The first-order chi connectivity index (χ1) is 7.83. The van der Waals surface area contributed by atoms with Crippen LogP contribution in [0.1, 0.15) is 25.3 Å². The molecule has 1 aliphatic rings. The van der Waals surface area contributed by atoms with Crippen LogP contribution in [0.3, 0.4) is 0 Å². The second kappa shape index (κ2) is 4.19. The first-order valence-corrected chi connectivity index (χ1v) is 6.92.